The lowest BCUT2D eigenvalue weighted by Crippen LogP contribution is -2.23. The molecule has 1 aliphatic rings. The fourth-order valence-corrected chi connectivity index (χ4v) is 3.10. The number of hydrogen-bond acceptors (Lipinski definition) is 1. The summed E-state index contributed by atoms with van der Waals surface area (Å²) in [5, 5.41) is 3.60. The van der Waals surface area contributed by atoms with Crippen molar-refractivity contribution in [3.63, 3.8) is 0 Å². The molecule has 0 spiro atoms. The Bertz CT molecular complexity index is 375. The zero-order chi connectivity index (χ0) is 12.3. The molecule has 17 heavy (non-hydrogen) atoms. The average Bonchev–Trinajstić information content (AvgIpc) is 2.70. The van der Waals surface area contributed by atoms with Crippen LogP contribution in [0.1, 0.15) is 37.3 Å². The summed E-state index contributed by atoms with van der Waals surface area (Å²) < 4.78 is 1.21. The Morgan fingerprint density at radius 3 is 2.82 bits per heavy atom. The third-order valence-electron chi connectivity index (χ3n) is 4.01. The predicted molar refractivity (Wildman–Crippen MR) is 77.1 cm³/mol. The molecule has 0 radical (unpaired) electrons. The van der Waals surface area contributed by atoms with Crippen LogP contribution >= 0.6 is 15.9 Å². The van der Waals surface area contributed by atoms with Crippen LogP contribution in [0.5, 0.6) is 0 Å². The average molecular weight is 296 g/mol. The van der Waals surface area contributed by atoms with Crippen molar-refractivity contribution in [1.82, 2.24) is 5.32 Å². The minimum absolute atomic E-state index is 0.892. The number of hydrogen-bond donors (Lipinski definition) is 1. The zero-order valence-electron chi connectivity index (χ0n) is 10.8. The molecular weight excluding hydrogens is 274 g/mol. The molecule has 0 heterocycles. The van der Waals surface area contributed by atoms with E-state index in [1.165, 1.54) is 41.4 Å². The molecule has 0 saturated heterocycles. The van der Waals surface area contributed by atoms with Crippen molar-refractivity contribution in [3.8, 4) is 0 Å². The van der Waals surface area contributed by atoms with Crippen LogP contribution in [0.4, 0.5) is 0 Å². The van der Waals surface area contributed by atoms with Crippen LogP contribution < -0.4 is 5.32 Å². The van der Waals surface area contributed by atoms with Gasteiger partial charge in [-0.2, -0.15) is 0 Å². The molecule has 0 amide bonds. The first-order chi connectivity index (χ1) is 8.16. The van der Waals surface area contributed by atoms with E-state index in [4.69, 9.17) is 0 Å². The van der Waals surface area contributed by atoms with E-state index in [0.717, 1.165) is 18.4 Å². The molecule has 0 aliphatic heterocycles. The molecule has 1 fully saturated rings. The smallest absolute Gasteiger partial charge is 0.0207 e. The van der Waals surface area contributed by atoms with E-state index in [1.807, 2.05) is 0 Å². The number of benzene rings is 1. The monoisotopic (exact) mass is 295 g/mol. The molecule has 1 aliphatic carbocycles. The fourth-order valence-electron chi connectivity index (χ4n) is 2.67. The predicted octanol–water partition coefficient (Wildman–Crippen LogP) is 4.28. The van der Waals surface area contributed by atoms with Gasteiger partial charge >= 0.3 is 0 Å². The van der Waals surface area contributed by atoms with Crippen LogP contribution in [0.2, 0.25) is 0 Å². The highest BCUT2D eigenvalue weighted by atomic mass is 79.9. The quantitative estimate of drug-likeness (QED) is 0.874. The lowest BCUT2D eigenvalue weighted by Gasteiger charge is -2.16. The molecular formula is C15H22BrN. The highest BCUT2D eigenvalue weighted by Gasteiger charge is 2.22. The van der Waals surface area contributed by atoms with Crippen molar-refractivity contribution in [2.24, 2.45) is 11.8 Å². The van der Waals surface area contributed by atoms with Gasteiger partial charge in [-0.15, -0.1) is 0 Å². The molecule has 1 saturated carbocycles. The molecule has 1 aromatic rings. The maximum absolute atomic E-state index is 3.60. The summed E-state index contributed by atoms with van der Waals surface area (Å²) in [5.41, 5.74) is 2.67. The maximum Gasteiger partial charge on any atom is 0.0207 e. The molecule has 1 aromatic carbocycles. The first-order valence-electron chi connectivity index (χ1n) is 6.62. The summed E-state index contributed by atoms with van der Waals surface area (Å²) in [7, 11) is 0. The largest absolute Gasteiger partial charge is 0.312 e. The van der Waals surface area contributed by atoms with E-state index in [9.17, 15) is 0 Å². The van der Waals surface area contributed by atoms with Crippen molar-refractivity contribution in [3.05, 3.63) is 33.8 Å². The first kappa shape index (κ1) is 13.1. The number of rotatable bonds is 4. The lowest BCUT2D eigenvalue weighted by molar-refractivity contribution is 0.392. The SMILES string of the molecule is Cc1ccc(CNCC2CCCC2C)cc1Br. The zero-order valence-corrected chi connectivity index (χ0v) is 12.4. The number of halogens is 1. The van der Waals surface area contributed by atoms with Crippen LogP contribution in [0.25, 0.3) is 0 Å². The number of aryl methyl sites for hydroxylation is 1. The topological polar surface area (TPSA) is 12.0 Å². The van der Waals surface area contributed by atoms with Gasteiger partial charge in [-0.1, -0.05) is 47.8 Å². The Labute approximate surface area is 113 Å². The van der Waals surface area contributed by atoms with Crippen molar-refractivity contribution in [1.29, 1.82) is 0 Å². The minimum Gasteiger partial charge on any atom is -0.312 e. The Morgan fingerprint density at radius 1 is 1.35 bits per heavy atom. The molecule has 2 rings (SSSR count). The Hall–Kier alpha value is -0.340. The highest BCUT2D eigenvalue weighted by molar-refractivity contribution is 9.10. The summed E-state index contributed by atoms with van der Waals surface area (Å²) in [4.78, 5) is 0. The fraction of sp³-hybridized carbons (Fsp3) is 0.600. The molecule has 2 unspecified atom stereocenters. The standard InChI is InChI=1S/C15H22BrN/c1-11-4-3-5-14(11)10-17-9-13-7-6-12(2)15(16)8-13/h6-8,11,14,17H,3-5,9-10H2,1-2H3. The van der Waals surface area contributed by atoms with Gasteiger partial charge in [0.15, 0.2) is 0 Å². The minimum atomic E-state index is 0.892. The van der Waals surface area contributed by atoms with Gasteiger partial charge in [-0.25, -0.2) is 0 Å². The van der Waals surface area contributed by atoms with Crippen LogP contribution in [-0.2, 0) is 6.54 Å². The van der Waals surface area contributed by atoms with E-state index < -0.39 is 0 Å². The van der Waals surface area contributed by atoms with E-state index >= 15 is 0 Å². The molecule has 0 bridgehead atoms. The molecule has 2 heteroatoms. The van der Waals surface area contributed by atoms with Gasteiger partial charge in [0, 0.05) is 11.0 Å². The molecule has 94 valence electrons. The van der Waals surface area contributed by atoms with Crippen LogP contribution in [0.15, 0.2) is 22.7 Å². The lowest BCUT2D eigenvalue weighted by atomic mass is 9.98. The van der Waals surface area contributed by atoms with Gasteiger partial charge in [-0.05, 0) is 48.9 Å². The summed E-state index contributed by atoms with van der Waals surface area (Å²) in [5.74, 6) is 1.80. The Balaban J connectivity index is 1.79. The molecule has 0 aromatic heterocycles. The summed E-state index contributed by atoms with van der Waals surface area (Å²) in [6, 6.07) is 6.62. The van der Waals surface area contributed by atoms with Crippen LogP contribution in [0, 0.1) is 18.8 Å². The van der Waals surface area contributed by atoms with Crippen molar-refractivity contribution >= 4 is 15.9 Å². The van der Waals surface area contributed by atoms with Crippen molar-refractivity contribution in [2.75, 3.05) is 6.54 Å². The summed E-state index contributed by atoms with van der Waals surface area (Å²) in [6.07, 6.45) is 4.25. The third kappa shape index (κ3) is 3.56. The van der Waals surface area contributed by atoms with Gasteiger partial charge in [-0.3, -0.25) is 0 Å². The van der Waals surface area contributed by atoms with Crippen molar-refractivity contribution < 1.29 is 0 Å². The molecule has 1 N–H and O–H groups in total. The van der Waals surface area contributed by atoms with E-state index in [0.29, 0.717) is 0 Å². The Morgan fingerprint density at radius 2 is 2.18 bits per heavy atom. The second-order valence-corrected chi connectivity index (χ2v) is 6.24. The van der Waals surface area contributed by atoms with Gasteiger partial charge < -0.3 is 5.32 Å². The van der Waals surface area contributed by atoms with Crippen LogP contribution in [0.3, 0.4) is 0 Å². The normalized spacial score (nSPS) is 24.2. The van der Waals surface area contributed by atoms with Gasteiger partial charge in [0.1, 0.15) is 0 Å². The van der Waals surface area contributed by atoms with Crippen LogP contribution in [-0.4, -0.2) is 6.54 Å². The van der Waals surface area contributed by atoms with Crippen molar-refractivity contribution in [2.45, 2.75) is 39.7 Å². The second-order valence-electron chi connectivity index (χ2n) is 5.38. The maximum atomic E-state index is 3.60. The molecule has 2 atom stereocenters. The van der Waals surface area contributed by atoms with Gasteiger partial charge in [0.05, 0.1) is 0 Å². The third-order valence-corrected chi connectivity index (χ3v) is 4.87. The second kappa shape index (κ2) is 6.01. The molecule has 1 nitrogen and oxygen atoms in total. The summed E-state index contributed by atoms with van der Waals surface area (Å²) in [6.45, 7) is 6.68. The van der Waals surface area contributed by atoms with Gasteiger partial charge in [0.25, 0.3) is 0 Å². The van der Waals surface area contributed by atoms with E-state index in [2.05, 4.69) is 53.3 Å². The first-order valence-corrected chi connectivity index (χ1v) is 7.42. The summed E-state index contributed by atoms with van der Waals surface area (Å²) >= 11 is 3.59. The Kier molecular flexibility index (Phi) is 4.63. The van der Waals surface area contributed by atoms with Gasteiger partial charge in [0.2, 0.25) is 0 Å². The van der Waals surface area contributed by atoms with E-state index in [1.54, 1.807) is 0 Å². The highest BCUT2D eigenvalue weighted by Crippen LogP contribution is 2.30. The van der Waals surface area contributed by atoms with E-state index in [-0.39, 0.29) is 0 Å². The number of nitrogens with one attached hydrogen (secondary N) is 1.